The molecule has 0 bridgehead atoms. The number of hydrogen-bond donors (Lipinski definition) is 0. The van der Waals surface area contributed by atoms with Gasteiger partial charge in [-0.05, 0) is 68.5 Å². The Morgan fingerprint density at radius 2 is 0.814 bits per heavy atom. The maximum absolute atomic E-state index is 2.51. The van der Waals surface area contributed by atoms with E-state index < -0.39 is 0 Å². The summed E-state index contributed by atoms with van der Waals surface area (Å²) < 4.78 is 24.6. The van der Waals surface area contributed by atoms with Crippen LogP contribution in [0.4, 0.5) is 11.4 Å². The molecule has 6 heterocycles. The van der Waals surface area contributed by atoms with Crippen LogP contribution in [0.1, 0.15) is 38.8 Å². The summed E-state index contributed by atoms with van der Waals surface area (Å²) in [5.41, 5.74) is 7.87. The van der Waals surface area contributed by atoms with Crippen molar-refractivity contribution in [1.82, 2.24) is 0 Å². The first kappa shape index (κ1) is 36.8. The van der Waals surface area contributed by atoms with Crippen LogP contribution in [0.2, 0.25) is 0 Å². The molecule has 0 N–H and O–H groups in total. The Labute approximate surface area is 373 Å². The van der Waals surface area contributed by atoms with Crippen LogP contribution < -0.4 is 4.90 Å². The van der Waals surface area contributed by atoms with Crippen molar-refractivity contribution in [2.45, 2.75) is 38.5 Å². The van der Waals surface area contributed by atoms with E-state index in [1.807, 2.05) is 90.7 Å². The van der Waals surface area contributed by atoms with Gasteiger partial charge in [-0.1, -0.05) is 68.5 Å². The predicted molar refractivity (Wildman–Crippen MR) is 274 cm³/mol. The number of benzene rings is 6. The number of rotatable bonds is 2. The third-order valence-corrected chi connectivity index (χ3v) is 22.9. The maximum Gasteiger partial charge on any atom is 0.229 e. The highest BCUT2D eigenvalue weighted by molar-refractivity contribution is 7.43. The molecular formula is C49H37N2S8+. The minimum Gasteiger partial charge on any atom is -0.346 e. The SMILES string of the molecule is CN1/C(=C/C=C/C2=[N+](C)c3c(c4sc5ccccc5sc4c4sc5ccccc5sc34)C2(C)C)C(C)(C)c2c1c1sc3ccccc3sc1c1sc3ccccc3sc21. The third kappa shape index (κ3) is 5.31. The van der Waals surface area contributed by atoms with Gasteiger partial charge in [0.25, 0.3) is 0 Å². The largest absolute Gasteiger partial charge is 0.346 e. The Kier molecular flexibility index (Phi) is 8.28. The van der Waals surface area contributed by atoms with Crippen LogP contribution in [0, 0.1) is 0 Å². The van der Waals surface area contributed by atoms with Gasteiger partial charge >= 0.3 is 0 Å². The topological polar surface area (TPSA) is 6.25 Å². The van der Waals surface area contributed by atoms with Gasteiger partial charge in [0.2, 0.25) is 5.69 Å². The van der Waals surface area contributed by atoms with Crippen LogP contribution in [0.3, 0.4) is 0 Å². The summed E-state index contributed by atoms with van der Waals surface area (Å²) in [6.07, 6.45) is 7.17. The lowest BCUT2D eigenvalue weighted by Gasteiger charge is -2.24. The molecule has 0 atom stereocenters. The van der Waals surface area contributed by atoms with Crippen molar-refractivity contribution in [3.05, 3.63) is 132 Å². The Balaban J connectivity index is 1.06. The molecule has 0 unspecified atom stereocenters. The summed E-state index contributed by atoms with van der Waals surface area (Å²) in [6.45, 7) is 9.76. The zero-order chi connectivity index (χ0) is 39.9. The van der Waals surface area contributed by atoms with Crippen LogP contribution in [0.5, 0.6) is 0 Å². The molecule has 0 spiro atoms. The first-order chi connectivity index (χ1) is 28.6. The molecule has 2 aliphatic heterocycles. The van der Waals surface area contributed by atoms with Gasteiger partial charge in [0.05, 0.1) is 49.6 Å². The number of fused-ring (bicyclic) bond motifs is 16. The number of likely N-dealkylation sites (N-methyl/N-ethyl adjacent to an activating group) is 1. The smallest absolute Gasteiger partial charge is 0.229 e. The fourth-order valence-electron chi connectivity index (χ4n) is 9.41. The lowest BCUT2D eigenvalue weighted by atomic mass is 9.81. The van der Waals surface area contributed by atoms with Gasteiger partial charge in [0, 0.05) is 67.4 Å². The molecule has 0 fully saturated rings. The minimum absolute atomic E-state index is 0.207. The molecule has 0 amide bonds. The van der Waals surface area contributed by atoms with Crippen molar-refractivity contribution < 1.29 is 4.58 Å². The molecule has 12 rings (SSSR count). The van der Waals surface area contributed by atoms with Crippen LogP contribution >= 0.6 is 90.7 Å². The quantitative estimate of drug-likeness (QED) is 0.0952. The highest BCUT2D eigenvalue weighted by Gasteiger charge is 2.47. The molecule has 0 saturated carbocycles. The second kappa shape index (κ2) is 13.3. The molecule has 10 aromatic rings. The van der Waals surface area contributed by atoms with E-state index in [0.717, 1.165) is 0 Å². The summed E-state index contributed by atoms with van der Waals surface area (Å²) >= 11 is 15.7. The van der Waals surface area contributed by atoms with E-state index in [1.165, 1.54) is 109 Å². The summed E-state index contributed by atoms with van der Waals surface area (Å²) in [7, 11) is 4.60. The molecular weight excluding hydrogens is 873 g/mol. The predicted octanol–water partition coefficient (Wildman–Crippen LogP) is 17.5. The number of anilines is 1. The summed E-state index contributed by atoms with van der Waals surface area (Å²) in [6, 6.07) is 35.7. The number of hydrogen-bond acceptors (Lipinski definition) is 9. The van der Waals surface area contributed by atoms with Crippen molar-refractivity contribution in [1.29, 1.82) is 0 Å². The van der Waals surface area contributed by atoms with E-state index >= 15 is 0 Å². The van der Waals surface area contributed by atoms with Gasteiger partial charge in [0.15, 0.2) is 5.71 Å². The second-order valence-electron chi connectivity index (χ2n) is 16.3. The Morgan fingerprint density at radius 3 is 1.27 bits per heavy atom. The van der Waals surface area contributed by atoms with Gasteiger partial charge in [-0.15, -0.1) is 90.7 Å². The summed E-state index contributed by atoms with van der Waals surface area (Å²) in [4.78, 5) is 2.51. The van der Waals surface area contributed by atoms with Crippen molar-refractivity contribution in [2.24, 2.45) is 0 Å². The fraction of sp³-hybridized carbons (Fsp3) is 0.163. The molecule has 59 heavy (non-hydrogen) atoms. The van der Waals surface area contributed by atoms with Crippen molar-refractivity contribution in [3.63, 3.8) is 0 Å². The average molecular weight is 910 g/mol. The van der Waals surface area contributed by atoms with Gasteiger partial charge < -0.3 is 4.90 Å². The van der Waals surface area contributed by atoms with Gasteiger partial charge in [-0.25, -0.2) is 0 Å². The molecule has 4 aromatic heterocycles. The van der Waals surface area contributed by atoms with E-state index in [1.54, 1.807) is 0 Å². The third-order valence-electron chi connectivity index (χ3n) is 12.1. The highest BCUT2D eigenvalue weighted by atomic mass is 32.1. The maximum atomic E-state index is 2.51. The van der Waals surface area contributed by atoms with Crippen LogP contribution in [-0.2, 0) is 10.8 Å². The normalized spacial score (nSPS) is 16.8. The number of nitrogens with zero attached hydrogens (tertiary/aromatic N) is 2. The average Bonchev–Trinajstić information content (AvgIpc) is 3.58. The lowest BCUT2D eigenvalue weighted by Crippen LogP contribution is -2.27. The molecule has 0 radical (unpaired) electrons. The van der Waals surface area contributed by atoms with E-state index in [2.05, 4.69) is 167 Å². The van der Waals surface area contributed by atoms with Crippen LogP contribution in [-0.4, -0.2) is 24.4 Å². The Bertz CT molecular complexity index is 3660. The fourth-order valence-corrected chi connectivity index (χ4v) is 20.4. The van der Waals surface area contributed by atoms with Gasteiger partial charge in [-0.2, -0.15) is 4.58 Å². The summed E-state index contributed by atoms with van der Waals surface area (Å²) in [5, 5.41) is 0. The van der Waals surface area contributed by atoms with E-state index in [9.17, 15) is 0 Å². The molecule has 2 nitrogen and oxygen atoms in total. The van der Waals surface area contributed by atoms with Crippen molar-refractivity contribution in [3.8, 4) is 0 Å². The van der Waals surface area contributed by atoms with Gasteiger partial charge in [0.1, 0.15) is 11.7 Å². The Hall–Kier alpha value is -3.97. The van der Waals surface area contributed by atoms with E-state index in [-0.39, 0.29) is 10.8 Å². The minimum atomic E-state index is -0.207. The molecule has 290 valence electrons. The molecule has 6 aromatic carbocycles. The van der Waals surface area contributed by atoms with Crippen molar-refractivity contribution in [2.75, 3.05) is 19.0 Å². The van der Waals surface area contributed by atoms with Crippen molar-refractivity contribution >= 4 is 183 Å². The Morgan fingerprint density at radius 1 is 0.458 bits per heavy atom. The van der Waals surface area contributed by atoms with Gasteiger partial charge in [-0.3, -0.25) is 0 Å². The van der Waals surface area contributed by atoms with Crippen LogP contribution in [0.15, 0.2) is 121 Å². The molecule has 0 aliphatic carbocycles. The van der Waals surface area contributed by atoms with Crippen LogP contribution in [0.25, 0.3) is 75.2 Å². The molecule has 0 saturated heterocycles. The highest BCUT2D eigenvalue weighted by Crippen LogP contribution is 2.59. The first-order valence-electron chi connectivity index (χ1n) is 19.6. The summed E-state index contributed by atoms with van der Waals surface area (Å²) in [5.74, 6) is 0. The second-order valence-corrected chi connectivity index (χ2v) is 24.8. The monoisotopic (exact) mass is 909 g/mol. The first-order valence-corrected chi connectivity index (χ1v) is 26.1. The van der Waals surface area contributed by atoms with E-state index in [4.69, 9.17) is 0 Å². The zero-order valence-electron chi connectivity index (χ0n) is 33.1. The standard InChI is InChI=1S/C49H37N2S8/c1-48(2)34(50(5)38-36(48)40-44(56-30-20-11-7-16-26(30)52-40)46-42(38)54-28-18-9-13-22-32(28)58-46)24-15-25-35-49(3,4)37-39(51(35)6)43-47(59-33-23-14-10-19-29(33)55-43)45-41(37)53-27-17-8-12-21-31(27)57-45/h7-25H,1-6H3/q+1. The molecule has 2 aliphatic rings. The molecule has 10 heteroatoms. The number of allylic oxidation sites excluding steroid dienone is 4. The lowest BCUT2D eigenvalue weighted by molar-refractivity contribution is -0.399. The zero-order valence-corrected chi connectivity index (χ0v) is 39.7. The van der Waals surface area contributed by atoms with E-state index in [0.29, 0.717) is 0 Å².